The number of hydrogen-bond acceptors (Lipinski definition) is 4. The van der Waals surface area contributed by atoms with E-state index >= 15 is 0 Å². The first-order chi connectivity index (χ1) is 9.74. The van der Waals surface area contributed by atoms with Gasteiger partial charge in [-0.25, -0.2) is 0 Å². The van der Waals surface area contributed by atoms with Crippen LogP contribution in [-0.4, -0.2) is 37.7 Å². The van der Waals surface area contributed by atoms with Crippen LogP contribution in [-0.2, 0) is 17.8 Å². The molecule has 1 aliphatic heterocycles. The third-order valence-corrected chi connectivity index (χ3v) is 5.47. The van der Waals surface area contributed by atoms with E-state index < -0.39 is 0 Å². The Hall–Kier alpha value is -0.420. The molecule has 3 nitrogen and oxygen atoms in total. The van der Waals surface area contributed by atoms with Crippen molar-refractivity contribution >= 4 is 11.3 Å². The molecule has 1 aliphatic carbocycles. The van der Waals surface area contributed by atoms with E-state index in [0.29, 0.717) is 0 Å². The molecule has 0 spiro atoms. The van der Waals surface area contributed by atoms with Gasteiger partial charge >= 0.3 is 0 Å². The van der Waals surface area contributed by atoms with Gasteiger partial charge in [0, 0.05) is 42.5 Å². The number of nitrogens with zero attached hydrogens (tertiary/aromatic N) is 1. The predicted molar refractivity (Wildman–Crippen MR) is 84.2 cm³/mol. The molecule has 1 saturated carbocycles. The fourth-order valence-corrected chi connectivity index (χ4v) is 4.04. The Balaban J connectivity index is 1.51. The van der Waals surface area contributed by atoms with Gasteiger partial charge in [0.25, 0.3) is 0 Å². The first-order valence-electron chi connectivity index (χ1n) is 7.77. The van der Waals surface area contributed by atoms with Crippen LogP contribution in [0.4, 0.5) is 0 Å². The molecule has 1 N–H and O–H groups in total. The monoisotopic (exact) mass is 294 g/mol. The SMILES string of the molecule is COCC1CCN(Cc2cc(CNC3CC3)sc2C)C1. The smallest absolute Gasteiger partial charge is 0.0503 e. The summed E-state index contributed by atoms with van der Waals surface area (Å²) >= 11 is 1.96. The van der Waals surface area contributed by atoms with Crippen LogP contribution in [0.3, 0.4) is 0 Å². The van der Waals surface area contributed by atoms with Crippen molar-refractivity contribution in [2.45, 2.75) is 45.3 Å². The number of methoxy groups -OCH3 is 1. The Morgan fingerprint density at radius 2 is 2.25 bits per heavy atom. The Morgan fingerprint density at radius 1 is 1.40 bits per heavy atom. The van der Waals surface area contributed by atoms with Crippen LogP contribution in [0.5, 0.6) is 0 Å². The van der Waals surface area contributed by atoms with Crippen LogP contribution in [0.2, 0.25) is 0 Å². The summed E-state index contributed by atoms with van der Waals surface area (Å²) in [6.07, 6.45) is 4.02. The molecule has 0 bridgehead atoms. The molecule has 3 rings (SSSR count). The van der Waals surface area contributed by atoms with E-state index in [1.165, 1.54) is 47.7 Å². The molecule has 4 heteroatoms. The highest BCUT2D eigenvalue weighted by atomic mass is 32.1. The first kappa shape index (κ1) is 14.5. The zero-order valence-corrected chi connectivity index (χ0v) is 13.5. The molecule has 2 fully saturated rings. The second-order valence-electron chi connectivity index (χ2n) is 6.29. The van der Waals surface area contributed by atoms with Gasteiger partial charge in [-0.15, -0.1) is 11.3 Å². The summed E-state index contributed by atoms with van der Waals surface area (Å²) in [6.45, 7) is 7.77. The Morgan fingerprint density at radius 3 is 3.00 bits per heavy atom. The average Bonchev–Trinajstić information content (AvgIpc) is 3.06. The lowest BCUT2D eigenvalue weighted by Gasteiger charge is -2.15. The van der Waals surface area contributed by atoms with Gasteiger partial charge in [0.1, 0.15) is 0 Å². The van der Waals surface area contributed by atoms with E-state index in [-0.39, 0.29) is 0 Å². The third kappa shape index (κ3) is 3.82. The van der Waals surface area contributed by atoms with Crippen molar-refractivity contribution in [2.24, 2.45) is 5.92 Å². The zero-order chi connectivity index (χ0) is 13.9. The van der Waals surface area contributed by atoms with Gasteiger partial charge in [0.05, 0.1) is 6.61 Å². The van der Waals surface area contributed by atoms with Crippen molar-refractivity contribution in [3.05, 3.63) is 21.4 Å². The molecule has 1 atom stereocenters. The van der Waals surface area contributed by atoms with E-state index in [2.05, 4.69) is 23.2 Å². The van der Waals surface area contributed by atoms with Gasteiger partial charge in [0.15, 0.2) is 0 Å². The van der Waals surface area contributed by atoms with Crippen molar-refractivity contribution in [1.29, 1.82) is 0 Å². The van der Waals surface area contributed by atoms with Gasteiger partial charge in [-0.3, -0.25) is 4.90 Å². The Kier molecular flexibility index (Phi) is 4.76. The lowest BCUT2D eigenvalue weighted by atomic mass is 10.1. The molecule has 112 valence electrons. The lowest BCUT2D eigenvalue weighted by Crippen LogP contribution is -2.21. The van der Waals surface area contributed by atoms with E-state index in [9.17, 15) is 0 Å². The molecule has 1 aromatic heterocycles. The summed E-state index contributed by atoms with van der Waals surface area (Å²) in [4.78, 5) is 5.57. The Bertz CT molecular complexity index is 442. The van der Waals surface area contributed by atoms with Crippen LogP contribution in [0.15, 0.2) is 6.07 Å². The van der Waals surface area contributed by atoms with E-state index in [0.717, 1.165) is 31.7 Å². The largest absolute Gasteiger partial charge is 0.384 e. The summed E-state index contributed by atoms with van der Waals surface area (Å²) in [5, 5.41) is 3.61. The number of thiophene rings is 1. The topological polar surface area (TPSA) is 24.5 Å². The molecule has 2 heterocycles. The molecule has 1 aromatic rings. The van der Waals surface area contributed by atoms with Crippen LogP contribution < -0.4 is 5.32 Å². The molecule has 1 saturated heterocycles. The molecule has 1 unspecified atom stereocenters. The van der Waals surface area contributed by atoms with Crippen LogP contribution in [0.25, 0.3) is 0 Å². The highest BCUT2D eigenvalue weighted by Crippen LogP contribution is 2.27. The number of likely N-dealkylation sites (tertiary alicyclic amines) is 1. The summed E-state index contributed by atoms with van der Waals surface area (Å²) in [6, 6.07) is 3.22. The van der Waals surface area contributed by atoms with E-state index in [1.54, 1.807) is 0 Å². The first-order valence-corrected chi connectivity index (χ1v) is 8.59. The molecule has 0 radical (unpaired) electrons. The molecule has 2 aliphatic rings. The standard InChI is InChI=1S/C16H26N2OS/c1-12-14(7-16(20-12)8-17-15-3-4-15)10-18-6-5-13(9-18)11-19-2/h7,13,15,17H,3-6,8-11H2,1-2H3. The minimum Gasteiger partial charge on any atom is -0.384 e. The zero-order valence-electron chi connectivity index (χ0n) is 12.7. The lowest BCUT2D eigenvalue weighted by molar-refractivity contribution is 0.152. The Labute approximate surface area is 126 Å². The number of ether oxygens (including phenoxy) is 1. The summed E-state index contributed by atoms with van der Waals surface area (Å²) < 4.78 is 5.28. The maximum Gasteiger partial charge on any atom is 0.0503 e. The summed E-state index contributed by atoms with van der Waals surface area (Å²) in [5.74, 6) is 0.731. The maximum atomic E-state index is 5.28. The van der Waals surface area contributed by atoms with Gasteiger partial charge < -0.3 is 10.1 Å². The average molecular weight is 294 g/mol. The van der Waals surface area contributed by atoms with Crippen molar-refractivity contribution in [1.82, 2.24) is 10.2 Å². The maximum absolute atomic E-state index is 5.28. The highest BCUT2D eigenvalue weighted by molar-refractivity contribution is 7.12. The number of aryl methyl sites for hydroxylation is 1. The minimum absolute atomic E-state index is 0.731. The number of hydrogen-bond donors (Lipinski definition) is 1. The van der Waals surface area contributed by atoms with Crippen LogP contribution >= 0.6 is 11.3 Å². The number of rotatable bonds is 7. The van der Waals surface area contributed by atoms with Crippen molar-refractivity contribution in [3.63, 3.8) is 0 Å². The molecule has 0 aromatic carbocycles. The normalized spacial score (nSPS) is 23.6. The molecular weight excluding hydrogens is 268 g/mol. The van der Waals surface area contributed by atoms with E-state index in [4.69, 9.17) is 4.74 Å². The second kappa shape index (κ2) is 6.56. The summed E-state index contributed by atoms with van der Waals surface area (Å²) in [5.41, 5.74) is 1.53. The second-order valence-corrected chi connectivity index (χ2v) is 7.64. The number of nitrogens with one attached hydrogen (secondary N) is 1. The molecule has 20 heavy (non-hydrogen) atoms. The molecule has 0 amide bonds. The van der Waals surface area contributed by atoms with Gasteiger partial charge in [0.2, 0.25) is 0 Å². The minimum atomic E-state index is 0.731. The van der Waals surface area contributed by atoms with E-state index in [1.807, 2.05) is 18.4 Å². The van der Waals surface area contributed by atoms with Crippen molar-refractivity contribution in [3.8, 4) is 0 Å². The third-order valence-electron chi connectivity index (χ3n) is 4.38. The highest BCUT2D eigenvalue weighted by Gasteiger charge is 2.23. The fourth-order valence-electron chi connectivity index (χ4n) is 3.03. The van der Waals surface area contributed by atoms with Gasteiger partial charge in [-0.05, 0) is 50.3 Å². The van der Waals surface area contributed by atoms with Gasteiger partial charge in [-0.1, -0.05) is 0 Å². The van der Waals surface area contributed by atoms with Crippen molar-refractivity contribution < 1.29 is 4.74 Å². The quantitative estimate of drug-likeness (QED) is 0.837. The molecular formula is C16H26N2OS. The van der Waals surface area contributed by atoms with Crippen LogP contribution in [0, 0.1) is 12.8 Å². The fraction of sp³-hybridized carbons (Fsp3) is 0.750. The predicted octanol–water partition coefficient (Wildman–Crippen LogP) is 2.78. The van der Waals surface area contributed by atoms with Crippen LogP contribution in [0.1, 0.15) is 34.6 Å². The van der Waals surface area contributed by atoms with Crippen molar-refractivity contribution in [2.75, 3.05) is 26.8 Å². The summed E-state index contributed by atoms with van der Waals surface area (Å²) in [7, 11) is 1.81. The van der Waals surface area contributed by atoms with Gasteiger partial charge in [-0.2, -0.15) is 0 Å².